The van der Waals surface area contributed by atoms with Crippen molar-refractivity contribution in [1.82, 2.24) is 4.98 Å². The molecule has 3 aromatic rings. The molecule has 0 amide bonds. The maximum Gasteiger partial charge on any atom is 0.338 e. The number of hydrogen-bond acceptors (Lipinski definition) is 3. The first-order valence-corrected chi connectivity index (χ1v) is 5.59. The van der Waals surface area contributed by atoms with Gasteiger partial charge in [0.05, 0.1) is 12.7 Å². The van der Waals surface area contributed by atoms with E-state index < -0.39 is 0 Å². The van der Waals surface area contributed by atoms with E-state index in [2.05, 4.69) is 4.98 Å². The minimum atomic E-state index is -0.378. The SMILES string of the molecule is COC(=O)c1cc(N)cc2[nH]c3ccccc3c12. The number of carbonyl (C=O) groups excluding carboxylic acids is 1. The summed E-state index contributed by atoms with van der Waals surface area (Å²) in [5, 5.41) is 1.85. The number of aromatic amines is 1. The molecule has 4 heteroatoms. The van der Waals surface area contributed by atoms with E-state index in [0.29, 0.717) is 11.3 Å². The lowest BCUT2D eigenvalue weighted by molar-refractivity contribution is 0.0603. The highest BCUT2D eigenvalue weighted by Gasteiger charge is 2.15. The highest BCUT2D eigenvalue weighted by atomic mass is 16.5. The summed E-state index contributed by atoms with van der Waals surface area (Å²) in [6.45, 7) is 0. The maximum absolute atomic E-state index is 11.8. The number of hydrogen-bond donors (Lipinski definition) is 2. The van der Waals surface area contributed by atoms with E-state index in [1.54, 1.807) is 6.07 Å². The summed E-state index contributed by atoms with van der Waals surface area (Å²) in [4.78, 5) is 15.1. The summed E-state index contributed by atoms with van der Waals surface area (Å²) in [6.07, 6.45) is 0. The summed E-state index contributed by atoms with van der Waals surface area (Å²) in [6, 6.07) is 11.3. The number of para-hydroxylation sites is 1. The van der Waals surface area contributed by atoms with Crippen LogP contribution in [-0.4, -0.2) is 18.1 Å². The maximum atomic E-state index is 11.8. The number of aromatic nitrogens is 1. The highest BCUT2D eigenvalue weighted by Crippen LogP contribution is 2.30. The molecule has 1 heterocycles. The second kappa shape index (κ2) is 3.77. The standard InChI is InChI=1S/C14H12N2O2/c1-18-14(17)10-6-8(15)7-12-13(10)9-4-2-3-5-11(9)16-12/h2-7,16H,15H2,1H3. The fourth-order valence-electron chi connectivity index (χ4n) is 2.28. The fraction of sp³-hybridized carbons (Fsp3) is 0.0714. The molecule has 1 aromatic heterocycles. The van der Waals surface area contributed by atoms with E-state index >= 15 is 0 Å². The molecule has 0 bridgehead atoms. The number of rotatable bonds is 1. The van der Waals surface area contributed by atoms with Gasteiger partial charge in [-0.1, -0.05) is 18.2 Å². The van der Waals surface area contributed by atoms with Gasteiger partial charge in [0.2, 0.25) is 0 Å². The molecule has 2 aromatic carbocycles. The Hall–Kier alpha value is -2.49. The van der Waals surface area contributed by atoms with E-state index in [4.69, 9.17) is 10.5 Å². The Kier molecular flexibility index (Phi) is 2.23. The number of nitrogens with one attached hydrogen (secondary N) is 1. The van der Waals surface area contributed by atoms with Crippen molar-refractivity contribution in [3.05, 3.63) is 42.0 Å². The normalized spacial score (nSPS) is 10.9. The van der Waals surface area contributed by atoms with Crippen molar-refractivity contribution in [3.63, 3.8) is 0 Å². The average Bonchev–Trinajstić information content (AvgIpc) is 2.74. The van der Waals surface area contributed by atoms with Crippen LogP contribution >= 0.6 is 0 Å². The lowest BCUT2D eigenvalue weighted by Crippen LogP contribution is -2.02. The third kappa shape index (κ3) is 1.43. The molecule has 0 saturated carbocycles. The van der Waals surface area contributed by atoms with Crippen LogP contribution in [0, 0.1) is 0 Å². The smallest absolute Gasteiger partial charge is 0.338 e. The van der Waals surface area contributed by atoms with Gasteiger partial charge < -0.3 is 15.5 Å². The average molecular weight is 240 g/mol. The Morgan fingerprint density at radius 1 is 1.22 bits per heavy atom. The van der Waals surface area contributed by atoms with Crippen LogP contribution in [0.25, 0.3) is 21.8 Å². The summed E-state index contributed by atoms with van der Waals surface area (Å²) in [5.74, 6) is -0.378. The van der Waals surface area contributed by atoms with Crippen LogP contribution in [0.15, 0.2) is 36.4 Å². The molecule has 4 nitrogen and oxygen atoms in total. The number of ether oxygens (including phenoxy) is 1. The van der Waals surface area contributed by atoms with Gasteiger partial charge in [-0.25, -0.2) is 4.79 Å². The fourth-order valence-corrected chi connectivity index (χ4v) is 2.28. The summed E-state index contributed by atoms with van der Waals surface area (Å²) >= 11 is 0. The zero-order valence-corrected chi connectivity index (χ0v) is 9.86. The Bertz CT molecular complexity index is 759. The zero-order chi connectivity index (χ0) is 12.7. The molecule has 90 valence electrons. The van der Waals surface area contributed by atoms with Gasteiger partial charge in [0.1, 0.15) is 0 Å². The molecule has 0 unspecified atom stereocenters. The zero-order valence-electron chi connectivity index (χ0n) is 9.86. The summed E-state index contributed by atoms with van der Waals surface area (Å²) < 4.78 is 4.81. The minimum absolute atomic E-state index is 0.378. The van der Waals surface area contributed by atoms with E-state index in [-0.39, 0.29) is 5.97 Å². The lowest BCUT2D eigenvalue weighted by Gasteiger charge is -2.03. The van der Waals surface area contributed by atoms with Crippen LogP contribution in [0.3, 0.4) is 0 Å². The predicted octanol–water partition coefficient (Wildman–Crippen LogP) is 2.69. The molecule has 0 aliphatic heterocycles. The van der Waals surface area contributed by atoms with Gasteiger partial charge in [-0.2, -0.15) is 0 Å². The Balaban J connectivity index is 2.50. The topological polar surface area (TPSA) is 68.1 Å². The van der Waals surface area contributed by atoms with Gasteiger partial charge in [0.25, 0.3) is 0 Å². The van der Waals surface area contributed by atoms with E-state index in [1.165, 1.54) is 7.11 Å². The minimum Gasteiger partial charge on any atom is -0.465 e. The van der Waals surface area contributed by atoms with Crippen LogP contribution in [-0.2, 0) is 4.74 Å². The number of carbonyl (C=O) groups is 1. The van der Waals surface area contributed by atoms with Crippen molar-refractivity contribution in [3.8, 4) is 0 Å². The van der Waals surface area contributed by atoms with Crippen molar-refractivity contribution in [2.75, 3.05) is 12.8 Å². The van der Waals surface area contributed by atoms with Gasteiger partial charge >= 0.3 is 5.97 Å². The molecule has 3 N–H and O–H groups in total. The van der Waals surface area contributed by atoms with Crippen LogP contribution in [0.4, 0.5) is 5.69 Å². The third-order valence-electron chi connectivity index (χ3n) is 3.03. The first kappa shape index (κ1) is 10.7. The van der Waals surface area contributed by atoms with Gasteiger partial charge in [-0.15, -0.1) is 0 Å². The van der Waals surface area contributed by atoms with Gasteiger partial charge in [0.15, 0.2) is 0 Å². The molecule has 0 saturated heterocycles. The van der Waals surface area contributed by atoms with E-state index in [9.17, 15) is 4.79 Å². The number of nitrogen functional groups attached to an aromatic ring is 1. The number of fused-ring (bicyclic) bond motifs is 3. The first-order valence-electron chi connectivity index (χ1n) is 5.59. The van der Waals surface area contributed by atoms with Crippen LogP contribution in [0.1, 0.15) is 10.4 Å². The van der Waals surface area contributed by atoms with Crippen molar-refractivity contribution in [2.45, 2.75) is 0 Å². The molecule has 0 spiro atoms. The predicted molar refractivity (Wildman–Crippen MR) is 71.6 cm³/mol. The van der Waals surface area contributed by atoms with Crippen molar-refractivity contribution < 1.29 is 9.53 Å². The van der Waals surface area contributed by atoms with Gasteiger partial charge in [-0.3, -0.25) is 0 Å². The molecular weight excluding hydrogens is 228 g/mol. The Labute approximate surface area is 103 Å². The monoisotopic (exact) mass is 240 g/mol. The number of methoxy groups -OCH3 is 1. The third-order valence-corrected chi connectivity index (χ3v) is 3.03. The molecule has 0 fully saturated rings. The van der Waals surface area contributed by atoms with Crippen molar-refractivity contribution in [2.24, 2.45) is 0 Å². The Morgan fingerprint density at radius 2 is 2.00 bits per heavy atom. The quantitative estimate of drug-likeness (QED) is 0.507. The molecular formula is C14H12N2O2. The molecule has 0 radical (unpaired) electrons. The van der Waals surface area contributed by atoms with Crippen molar-refractivity contribution >= 4 is 33.5 Å². The highest BCUT2D eigenvalue weighted by molar-refractivity contribution is 6.17. The largest absolute Gasteiger partial charge is 0.465 e. The van der Waals surface area contributed by atoms with E-state index in [0.717, 1.165) is 21.8 Å². The Morgan fingerprint density at radius 3 is 2.78 bits per heavy atom. The molecule has 0 aliphatic carbocycles. The van der Waals surface area contributed by atoms with E-state index in [1.807, 2.05) is 30.3 Å². The van der Waals surface area contributed by atoms with Crippen molar-refractivity contribution in [1.29, 1.82) is 0 Å². The molecule has 0 aliphatic rings. The molecule has 3 rings (SSSR count). The van der Waals surface area contributed by atoms with Gasteiger partial charge in [0, 0.05) is 27.5 Å². The van der Waals surface area contributed by atoms with Crippen LogP contribution in [0.5, 0.6) is 0 Å². The second-order valence-electron chi connectivity index (χ2n) is 4.15. The molecule has 18 heavy (non-hydrogen) atoms. The number of anilines is 1. The van der Waals surface area contributed by atoms with Crippen LogP contribution in [0.2, 0.25) is 0 Å². The number of benzene rings is 2. The summed E-state index contributed by atoms with van der Waals surface area (Å²) in [5.41, 5.74) is 8.66. The number of nitrogens with two attached hydrogens (primary N) is 1. The lowest BCUT2D eigenvalue weighted by atomic mass is 10.1. The van der Waals surface area contributed by atoms with Crippen LogP contribution < -0.4 is 5.73 Å². The number of H-pyrrole nitrogens is 1. The number of esters is 1. The first-order chi connectivity index (χ1) is 8.70. The molecule has 0 atom stereocenters. The summed E-state index contributed by atoms with van der Waals surface area (Å²) in [7, 11) is 1.37. The second-order valence-corrected chi connectivity index (χ2v) is 4.15. The van der Waals surface area contributed by atoms with Gasteiger partial charge in [-0.05, 0) is 18.2 Å².